The van der Waals surface area contributed by atoms with Gasteiger partial charge in [-0.1, -0.05) is 13.0 Å². The van der Waals surface area contributed by atoms with E-state index >= 15 is 0 Å². The maximum atomic E-state index is 9.83. The van der Waals surface area contributed by atoms with Crippen molar-refractivity contribution >= 4 is 5.69 Å². The molecule has 0 radical (unpaired) electrons. The smallest absolute Gasteiger partial charge is 0.105 e. The minimum Gasteiger partial charge on any atom is -0.390 e. The zero-order valence-corrected chi connectivity index (χ0v) is 9.61. The summed E-state index contributed by atoms with van der Waals surface area (Å²) < 4.78 is 0. The van der Waals surface area contributed by atoms with E-state index in [0.717, 1.165) is 36.2 Å². The van der Waals surface area contributed by atoms with Crippen molar-refractivity contribution in [3.8, 4) is 0 Å². The van der Waals surface area contributed by atoms with Gasteiger partial charge < -0.3 is 15.5 Å². The van der Waals surface area contributed by atoms with E-state index in [4.69, 9.17) is 0 Å². The van der Waals surface area contributed by atoms with Gasteiger partial charge in [0.25, 0.3) is 0 Å². The number of anilines is 1. The van der Waals surface area contributed by atoms with Crippen LogP contribution in [-0.2, 0) is 6.42 Å². The summed E-state index contributed by atoms with van der Waals surface area (Å²) in [4.78, 5) is 0. The van der Waals surface area contributed by atoms with Crippen molar-refractivity contribution in [2.24, 2.45) is 0 Å². The fraction of sp³-hybridized carbons (Fsp3) is 0.538. The molecule has 88 valence electrons. The van der Waals surface area contributed by atoms with E-state index in [0.29, 0.717) is 6.42 Å². The third-order valence-corrected chi connectivity index (χ3v) is 3.11. The number of hydrogen-bond acceptors (Lipinski definition) is 3. The topological polar surface area (TPSA) is 52.5 Å². The third-order valence-electron chi connectivity index (χ3n) is 3.11. The first-order valence-corrected chi connectivity index (χ1v) is 5.95. The van der Waals surface area contributed by atoms with Gasteiger partial charge in [-0.05, 0) is 42.5 Å². The molecule has 1 aliphatic carbocycles. The van der Waals surface area contributed by atoms with Crippen LogP contribution in [0, 0.1) is 0 Å². The molecular weight excluding hydrogens is 202 g/mol. The molecule has 1 aromatic carbocycles. The third kappa shape index (κ3) is 2.20. The SMILES string of the molecule is CCCNc1ccc2c(c1)CCC(O)C2O. The molecule has 3 heteroatoms. The Hall–Kier alpha value is -1.06. The largest absolute Gasteiger partial charge is 0.390 e. The molecule has 0 saturated heterocycles. The van der Waals surface area contributed by atoms with Gasteiger partial charge in [0.1, 0.15) is 6.10 Å². The molecule has 0 bridgehead atoms. The van der Waals surface area contributed by atoms with Crippen molar-refractivity contribution in [3.63, 3.8) is 0 Å². The summed E-state index contributed by atoms with van der Waals surface area (Å²) in [6, 6.07) is 5.97. The predicted molar refractivity (Wildman–Crippen MR) is 64.5 cm³/mol. The maximum Gasteiger partial charge on any atom is 0.105 e. The van der Waals surface area contributed by atoms with Gasteiger partial charge in [-0.25, -0.2) is 0 Å². The van der Waals surface area contributed by atoms with Crippen LogP contribution in [-0.4, -0.2) is 22.9 Å². The minimum absolute atomic E-state index is 0.609. The molecule has 2 rings (SSSR count). The minimum atomic E-state index is -0.719. The Labute approximate surface area is 96.1 Å². The van der Waals surface area contributed by atoms with E-state index in [1.807, 2.05) is 12.1 Å². The number of aryl methyl sites for hydroxylation is 1. The van der Waals surface area contributed by atoms with Crippen LogP contribution in [0.5, 0.6) is 0 Å². The summed E-state index contributed by atoms with van der Waals surface area (Å²) in [5.74, 6) is 0. The molecule has 0 heterocycles. The molecule has 2 unspecified atom stereocenters. The first kappa shape index (κ1) is 11.4. The first-order chi connectivity index (χ1) is 7.72. The number of aliphatic hydroxyl groups is 2. The molecule has 3 nitrogen and oxygen atoms in total. The lowest BCUT2D eigenvalue weighted by Gasteiger charge is -2.26. The average Bonchev–Trinajstić information content (AvgIpc) is 2.31. The Bertz CT molecular complexity index is 365. The Kier molecular flexibility index (Phi) is 3.46. The highest BCUT2D eigenvalue weighted by Crippen LogP contribution is 2.31. The van der Waals surface area contributed by atoms with Crippen LogP contribution in [0.15, 0.2) is 18.2 Å². The van der Waals surface area contributed by atoms with Crippen molar-refractivity contribution in [1.82, 2.24) is 0 Å². The van der Waals surface area contributed by atoms with Gasteiger partial charge in [0, 0.05) is 12.2 Å². The second-order valence-corrected chi connectivity index (χ2v) is 4.39. The van der Waals surface area contributed by atoms with Crippen LogP contribution in [0.4, 0.5) is 5.69 Å². The summed E-state index contributed by atoms with van der Waals surface area (Å²) >= 11 is 0. The Morgan fingerprint density at radius 2 is 2.19 bits per heavy atom. The number of rotatable bonds is 3. The fourth-order valence-corrected chi connectivity index (χ4v) is 2.16. The van der Waals surface area contributed by atoms with E-state index in [9.17, 15) is 10.2 Å². The first-order valence-electron chi connectivity index (χ1n) is 5.95. The van der Waals surface area contributed by atoms with E-state index in [2.05, 4.69) is 18.3 Å². The van der Waals surface area contributed by atoms with Gasteiger partial charge in [0.15, 0.2) is 0 Å². The predicted octanol–water partition coefficient (Wildman–Crippen LogP) is 1.85. The quantitative estimate of drug-likeness (QED) is 0.730. The van der Waals surface area contributed by atoms with Crippen molar-refractivity contribution in [3.05, 3.63) is 29.3 Å². The van der Waals surface area contributed by atoms with E-state index in [1.165, 1.54) is 0 Å². The van der Waals surface area contributed by atoms with Gasteiger partial charge in [0.05, 0.1) is 6.10 Å². The lowest BCUT2D eigenvalue weighted by atomic mass is 9.87. The van der Waals surface area contributed by atoms with Crippen LogP contribution in [0.1, 0.15) is 37.0 Å². The van der Waals surface area contributed by atoms with Gasteiger partial charge in [-0.15, -0.1) is 0 Å². The molecule has 0 fully saturated rings. The van der Waals surface area contributed by atoms with Crippen LogP contribution >= 0.6 is 0 Å². The number of nitrogens with one attached hydrogen (secondary N) is 1. The standard InChI is InChI=1S/C13H19NO2/c1-2-7-14-10-4-5-11-9(8-10)3-6-12(15)13(11)16/h4-5,8,12-16H,2-3,6-7H2,1H3. The van der Waals surface area contributed by atoms with Crippen molar-refractivity contribution in [2.75, 3.05) is 11.9 Å². The fourth-order valence-electron chi connectivity index (χ4n) is 2.16. The zero-order valence-electron chi connectivity index (χ0n) is 9.61. The molecule has 2 atom stereocenters. The Morgan fingerprint density at radius 1 is 1.38 bits per heavy atom. The maximum absolute atomic E-state index is 9.83. The lowest BCUT2D eigenvalue weighted by molar-refractivity contribution is 0.00651. The normalized spacial score (nSPS) is 23.9. The molecule has 3 N–H and O–H groups in total. The second-order valence-electron chi connectivity index (χ2n) is 4.39. The highest BCUT2D eigenvalue weighted by Gasteiger charge is 2.25. The van der Waals surface area contributed by atoms with Gasteiger partial charge in [-0.3, -0.25) is 0 Å². The molecule has 0 aromatic heterocycles. The molecule has 0 spiro atoms. The summed E-state index contributed by atoms with van der Waals surface area (Å²) in [6.45, 7) is 3.09. The monoisotopic (exact) mass is 221 g/mol. The van der Waals surface area contributed by atoms with Crippen LogP contribution in [0.25, 0.3) is 0 Å². The summed E-state index contributed by atoms with van der Waals surface area (Å²) in [5, 5.41) is 22.7. The van der Waals surface area contributed by atoms with Crippen molar-refractivity contribution in [1.29, 1.82) is 0 Å². The number of hydrogen-bond donors (Lipinski definition) is 3. The Morgan fingerprint density at radius 3 is 2.94 bits per heavy atom. The molecular formula is C13H19NO2. The number of benzene rings is 1. The van der Waals surface area contributed by atoms with Crippen molar-refractivity contribution < 1.29 is 10.2 Å². The average molecular weight is 221 g/mol. The van der Waals surface area contributed by atoms with Crippen LogP contribution in [0.3, 0.4) is 0 Å². The summed E-state index contributed by atoms with van der Waals surface area (Å²) in [6.07, 6.45) is 1.25. The highest BCUT2D eigenvalue weighted by atomic mass is 16.3. The van der Waals surface area contributed by atoms with Crippen molar-refractivity contribution in [2.45, 2.75) is 38.4 Å². The number of fused-ring (bicyclic) bond motifs is 1. The van der Waals surface area contributed by atoms with Gasteiger partial charge >= 0.3 is 0 Å². The van der Waals surface area contributed by atoms with Crippen LogP contribution in [0.2, 0.25) is 0 Å². The second kappa shape index (κ2) is 4.85. The molecule has 0 aliphatic heterocycles. The van der Waals surface area contributed by atoms with E-state index < -0.39 is 12.2 Å². The Balaban J connectivity index is 2.19. The summed E-state index contributed by atoms with van der Waals surface area (Å²) in [7, 11) is 0. The van der Waals surface area contributed by atoms with E-state index in [1.54, 1.807) is 0 Å². The van der Waals surface area contributed by atoms with Gasteiger partial charge in [-0.2, -0.15) is 0 Å². The number of aliphatic hydroxyl groups excluding tert-OH is 2. The molecule has 0 amide bonds. The van der Waals surface area contributed by atoms with Gasteiger partial charge in [0.2, 0.25) is 0 Å². The van der Waals surface area contributed by atoms with Crippen LogP contribution < -0.4 is 5.32 Å². The molecule has 1 aliphatic rings. The summed E-state index contributed by atoms with van der Waals surface area (Å²) in [5.41, 5.74) is 3.13. The zero-order chi connectivity index (χ0) is 11.5. The molecule has 16 heavy (non-hydrogen) atoms. The molecule has 0 saturated carbocycles. The van der Waals surface area contributed by atoms with E-state index in [-0.39, 0.29) is 0 Å². The highest BCUT2D eigenvalue weighted by molar-refractivity contribution is 5.50. The lowest BCUT2D eigenvalue weighted by Crippen LogP contribution is -2.24. The molecule has 1 aromatic rings.